The number of carbonyl (C=O) groups excluding carboxylic acids is 1. The maximum absolute atomic E-state index is 10.5. The van der Waals surface area contributed by atoms with Gasteiger partial charge in [0.05, 0.1) is 6.04 Å². The minimum absolute atomic E-state index is 0.0171. The molecule has 0 heterocycles. The molecule has 0 saturated carbocycles. The summed E-state index contributed by atoms with van der Waals surface area (Å²) in [5.74, 6) is 0. The largest absolute Gasteiger partial charge is 0.396 e. The van der Waals surface area contributed by atoms with Gasteiger partial charge in [0, 0.05) is 12.3 Å². The molecule has 3 heteroatoms. The Balaban J connectivity index is 2.51. The Hall–Kier alpha value is -1.35. The van der Waals surface area contributed by atoms with E-state index in [-0.39, 0.29) is 12.6 Å². The molecule has 0 aliphatic carbocycles. The maximum atomic E-state index is 10.5. The van der Waals surface area contributed by atoms with Gasteiger partial charge in [-0.3, -0.25) is 0 Å². The number of carbonyl (C=O) groups is 1. The Bertz CT molecular complexity index is 248. The van der Waals surface area contributed by atoms with E-state index < -0.39 is 0 Å². The number of aliphatic hydroxyl groups excluding tert-OH is 1. The fourth-order valence-corrected chi connectivity index (χ4v) is 1.06. The first kappa shape index (κ1) is 9.74. The van der Waals surface area contributed by atoms with Crippen LogP contribution in [0, 0.1) is 0 Å². The van der Waals surface area contributed by atoms with E-state index in [9.17, 15) is 4.79 Å². The average molecular weight is 179 g/mol. The summed E-state index contributed by atoms with van der Waals surface area (Å²) in [6.45, 7) is 0.0171. The van der Waals surface area contributed by atoms with Crippen molar-refractivity contribution in [2.75, 3.05) is 11.9 Å². The molecule has 0 aromatic heterocycles. The van der Waals surface area contributed by atoms with Crippen molar-refractivity contribution in [2.45, 2.75) is 12.5 Å². The van der Waals surface area contributed by atoms with Gasteiger partial charge in [0.1, 0.15) is 6.29 Å². The molecular formula is C10H13NO2. The summed E-state index contributed by atoms with van der Waals surface area (Å²) in [4.78, 5) is 10.5. The van der Waals surface area contributed by atoms with Gasteiger partial charge in [-0.05, 0) is 18.6 Å². The van der Waals surface area contributed by atoms with E-state index in [2.05, 4.69) is 5.32 Å². The Morgan fingerprint density at radius 2 is 2.08 bits per heavy atom. The monoisotopic (exact) mass is 179 g/mol. The van der Waals surface area contributed by atoms with E-state index >= 15 is 0 Å². The lowest BCUT2D eigenvalue weighted by atomic mass is 10.2. The topological polar surface area (TPSA) is 49.3 Å². The van der Waals surface area contributed by atoms with Crippen molar-refractivity contribution >= 4 is 12.0 Å². The second kappa shape index (κ2) is 5.32. The van der Waals surface area contributed by atoms with Crippen molar-refractivity contribution in [1.82, 2.24) is 0 Å². The van der Waals surface area contributed by atoms with Crippen molar-refractivity contribution in [3.05, 3.63) is 30.3 Å². The first-order chi connectivity index (χ1) is 6.36. The molecule has 1 aromatic carbocycles. The second-order valence-electron chi connectivity index (χ2n) is 2.77. The van der Waals surface area contributed by atoms with Gasteiger partial charge in [-0.2, -0.15) is 0 Å². The number of aliphatic hydroxyl groups is 1. The van der Waals surface area contributed by atoms with E-state index in [1.807, 2.05) is 30.3 Å². The molecule has 13 heavy (non-hydrogen) atoms. The Kier molecular flexibility index (Phi) is 3.99. The van der Waals surface area contributed by atoms with E-state index in [1.54, 1.807) is 0 Å². The fraction of sp³-hybridized carbons (Fsp3) is 0.300. The smallest absolute Gasteiger partial charge is 0.142 e. The quantitative estimate of drug-likeness (QED) is 0.664. The van der Waals surface area contributed by atoms with Crippen LogP contribution in [0.1, 0.15) is 6.42 Å². The van der Waals surface area contributed by atoms with Gasteiger partial charge < -0.3 is 15.2 Å². The van der Waals surface area contributed by atoms with Crippen LogP contribution in [0.4, 0.5) is 5.69 Å². The average Bonchev–Trinajstić information content (AvgIpc) is 2.19. The molecule has 0 spiro atoms. The highest BCUT2D eigenvalue weighted by molar-refractivity contribution is 5.64. The molecule has 0 aliphatic heterocycles. The fourth-order valence-electron chi connectivity index (χ4n) is 1.06. The number of aldehydes is 1. The number of anilines is 1. The highest BCUT2D eigenvalue weighted by Crippen LogP contribution is 2.07. The van der Waals surface area contributed by atoms with Crippen LogP contribution in [0.3, 0.4) is 0 Å². The van der Waals surface area contributed by atoms with Crippen molar-refractivity contribution in [3.8, 4) is 0 Å². The molecule has 3 nitrogen and oxygen atoms in total. The Labute approximate surface area is 77.4 Å². The van der Waals surface area contributed by atoms with Crippen LogP contribution >= 0.6 is 0 Å². The molecule has 1 unspecified atom stereocenters. The summed E-state index contributed by atoms with van der Waals surface area (Å²) in [7, 11) is 0. The number of nitrogens with one attached hydrogen (secondary N) is 1. The zero-order valence-electron chi connectivity index (χ0n) is 7.31. The van der Waals surface area contributed by atoms with Gasteiger partial charge in [-0.25, -0.2) is 0 Å². The first-order valence-electron chi connectivity index (χ1n) is 4.24. The van der Waals surface area contributed by atoms with Crippen LogP contribution in [0.2, 0.25) is 0 Å². The van der Waals surface area contributed by atoms with Gasteiger partial charge >= 0.3 is 0 Å². The van der Waals surface area contributed by atoms with E-state index in [1.165, 1.54) is 0 Å². The highest BCUT2D eigenvalue weighted by Gasteiger charge is 2.04. The molecule has 0 amide bonds. The summed E-state index contributed by atoms with van der Waals surface area (Å²) in [6.07, 6.45) is 1.25. The van der Waals surface area contributed by atoms with Gasteiger partial charge in [-0.1, -0.05) is 18.2 Å². The second-order valence-corrected chi connectivity index (χ2v) is 2.77. The van der Waals surface area contributed by atoms with Gasteiger partial charge in [0.25, 0.3) is 0 Å². The molecular weight excluding hydrogens is 166 g/mol. The molecule has 1 aromatic rings. The van der Waals surface area contributed by atoms with Gasteiger partial charge in [0.15, 0.2) is 0 Å². The summed E-state index contributed by atoms with van der Waals surface area (Å²) in [5, 5.41) is 11.6. The molecule has 0 saturated heterocycles. The van der Waals surface area contributed by atoms with Gasteiger partial charge in [0.2, 0.25) is 0 Å². The normalized spacial score (nSPS) is 12.1. The van der Waals surface area contributed by atoms with Crippen molar-refractivity contribution in [2.24, 2.45) is 0 Å². The number of benzene rings is 1. The van der Waals surface area contributed by atoms with Crippen molar-refractivity contribution in [3.63, 3.8) is 0 Å². The van der Waals surface area contributed by atoms with Gasteiger partial charge in [-0.15, -0.1) is 0 Å². The summed E-state index contributed by atoms with van der Waals surface area (Å²) < 4.78 is 0. The van der Waals surface area contributed by atoms with Crippen LogP contribution < -0.4 is 5.32 Å². The van der Waals surface area contributed by atoms with Crippen LogP contribution in [0.25, 0.3) is 0 Å². The molecule has 0 radical (unpaired) electrons. The van der Waals surface area contributed by atoms with E-state index in [0.717, 1.165) is 12.0 Å². The lowest BCUT2D eigenvalue weighted by molar-refractivity contribution is -0.108. The third kappa shape index (κ3) is 3.25. The molecule has 0 bridgehead atoms. The zero-order valence-corrected chi connectivity index (χ0v) is 7.31. The maximum Gasteiger partial charge on any atom is 0.142 e. The van der Waals surface area contributed by atoms with Crippen LogP contribution in [0.15, 0.2) is 30.3 Å². The predicted molar refractivity (Wildman–Crippen MR) is 51.6 cm³/mol. The Morgan fingerprint density at radius 1 is 1.38 bits per heavy atom. The zero-order chi connectivity index (χ0) is 9.52. The lowest BCUT2D eigenvalue weighted by Crippen LogP contribution is -2.22. The molecule has 1 atom stereocenters. The summed E-state index contributed by atoms with van der Waals surface area (Å²) >= 11 is 0. The molecule has 70 valence electrons. The molecule has 0 aliphatic rings. The minimum atomic E-state index is -0.299. The summed E-state index contributed by atoms with van der Waals surface area (Å²) in [5.41, 5.74) is 0.896. The van der Waals surface area contributed by atoms with Crippen LogP contribution in [0.5, 0.6) is 0 Å². The molecule has 2 N–H and O–H groups in total. The number of para-hydroxylation sites is 1. The van der Waals surface area contributed by atoms with Crippen LogP contribution in [-0.4, -0.2) is 24.0 Å². The van der Waals surface area contributed by atoms with Crippen LogP contribution in [-0.2, 0) is 4.79 Å². The van der Waals surface area contributed by atoms with E-state index in [4.69, 9.17) is 5.11 Å². The van der Waals surface area contributed by atoms with E-state index in [0.29, 0.717) is 6.42 Å². The first-order valence-corrected chi connectivity index (χ1v) is 4.24. The van der Waals surface area contributed by atoms with Crippen molar-refractivity contribution < 1.29 is 9.90 Å². The molecule has 0 fully saturated rings. The minimum Gasteiger partial charge on any atom is -0.396 e. The molecule has 1 rings (SSSR count). The Morgan fingerprint density at radius 3 is 2.62 bits per heavy atom. The SMILES string of the molecule is O=CC(CCO)Nc1ccccc1. The standard InChI is InChI=1S/C10H13NO2/c12-7-6-10(8-13)11-9-4-2-1-3-5-9/h1-5,8,10-12H,6-7H2. The van der Waals surface area contributed by atoms with Crippen molar-refractivity contribution in [1.29, 1.82) is 0 Å². The third-order valence-corrected chi connectivity index (χ3v) is 1.73. The predicted octanol–water partition coefficient (Wildman–Crippen LogP) is 1.05. The number of rotatable bonds is 5. The lowest BCUT2D eigenvalue weighted by Gasteiger charge is -2.11. The number of hydrogen-bond acceptors (Lipinski definition) is 3. The summed E-state index contributed by atoms with van der Waals surface area (Å²) in [6, 6.07) is 9.16. The number of hydrogen-bond donors (Lipinski definition) is 2. The third-order valence-electron chi connectivity index (χ3n) is 1.73. The highest BCUT2D eigenvalue weighted by atomic mass is 16.3.